The molecule has 0 radical (unpaired) electrons. The predicted molar refractivity (Wildman–Crippen MR) is 88.6 cm³/mol. The van der Waals surface area contributed by atoms with E-state index in [1.807, 2.05) is 0 Å². The van der Waals surface area contributed by atoms with Crippen LogP contribution in [0.3, 0.4) is 0 Å². The minimum Gasteiger partial charge on any atom is -0.420 e. The van der Waals surface area contributed by atoms with Crippen molar-refractivity contribution < 1.29 is 23.0 Å². The maximum absolute atomic E-state index is 12.9. The summed E-state index contributed by atoms with van der Waals surface area (Å²) in [7, 11) is -2.04. The summed E-state index contributed by atoms with van der Waals surface area (Å²) in [4.78, 5) is 14.4. The van der Waals surface area contributed by atoms with E-state index < -0.39 is 12.5 Å². The monoisotopic (exact) mass is 355 g/mol. The van der Waals surface area contributed by atoms with Crippen LogP contribution in [0, 0.1) is 10.1 Å². The normalized spacial score (nSPS) is 11.5. The van der Waals surface area contributed by atoms with Crippen molar-refractivity contribution in [1.82, 2.24) is 4.98 Å². The molecule has 0 aliphatic rings. The van der Waals surface area contributed by atoms with Crippen molar-refractivity contribution in [2.45, 2.75) is 13.8 Å². The molecule has 0 atom stereocenters. The quantitative estimate of drug-likeness (QED) is 0.436. The molecule has 0 aliphatic heterocycles. The fraction of sp³-hybridized carbons (Fsp3) is 0.357. The van der Waals surface area contributed by atoms with Gasteiger partial charge in [0.2, 0.25) is 17.2 Å². The number of rotatable bonds is 8. The van der Waals surface area contributed by atoms with Crippen molar-refractivity contribution >= 4 is 24.6 Å². The van der Waals surface area contributed by atoms with Gasteiger partial charge in [-0.1, -0.05) is 0 Å². The number of hydrogen-bond acceptors (Lipinski definition) is 8. The van der Waals surface area contributed by atoms with Gasteiger partial charge in [-0.05, 0) is 26.0 Å². The summed E-state index contributed by atoms with van der Waals surface area (Å²) in [6.07, 6.45) is 0. The molecular formula is C14H18N3O6P. The van der Waals surface area contributed by atoms with Gasteiger partial charge in [0, 0.05) is 24.7 Å². The van der Waals surface area contributed by atoms with Gasteiger partial charge in [-0.2, -0.15) is 4.98 Å². The summed E-state index contributed by atoms with van der Waals surface area (Å²) < 4.78 is 29.0. The largest absolute Gasteiger partial charge is 0.420 e. The topological polar surface area (TPSA) is 117 Å². The number of aromatic nitrogens is 1. The van der Waals surface area contributed by atoms with Gasteiger partial charge in [0.25, 0.3) is 5.69 Å². The van der Waals surface area contributed by atoms with Gasteiger partial charge in [-0.25, -0.2) is 0 Å². The lowest BCUT2D eigenvalue weighted by Gasteiger charge is -2.14. The van der Waals surface area contributed by atoms with E-state index in [-0.39, 0.29) is 36.1 Å². The number of hydrogen-bond donors (Lipinski definition) is 1. The van der Waals surface area contributed by atoms with E-state index in [0.717, 1.165) is 0 Å². The molecule has 1 heterocycles. The molecule has 0 fully saturated rings. The number of nitro groups is 1. The minimum absolute atomic E-state index is 0.0436. The third-order valence-electron chi connectivity index (χ3n) is 3.02. The molecule has 24 heavy (non-hydrogen) atoms. The molecule has 0 amide bonds. The number of nitrogens with one attached hydrogen (secondary N) is 1. The Kier molecular flexibility index (Phi) is 5.71. The first-order valence-electron chi connectivity index (χ1n) is 7.28. The highest BCUT2D eigenvalue weighted by Gasteiger charge is 2.35. The second-order valence-electron chi connectivity index (χ2n) is 4.56. The number of benzene rings is 1. The average molecular weight is 355 g/mol. The first kappa shape index (κ1) is 18.1. The maximum Gasteiger partial charge on any atom is 0.385 e. The lowest BCUT2D eigenvalue weighted by molar-refractivity contribution is -0.384. The molecule has 10 heteroatoms. The second kappa shape index (κ2) is 7.57. The fourth-order valence-electron chi connectivity index (χ4n) is 2.01. The van der Waals surface area contributed by atoms with Crippen LogP contribution in [-0.2, 0) is 13.6 Å². The van der Waals surface area contributed by atoms with Crippen molar-refractivity contribution in [3.05, 3.63) is 34.4 Å². The Morgan fingerprint density at radius 3 is 2.29 bits per heavy atom. The number of oxazole rings is 1. The third kappa shape index (κ3) is 3.64. The number of non-ortho nitro benzene ring substituents is 1. The van der Waals surface area contributed by atoms with Crippen molar-refractivity contribution in [2.24, 2.45) is 0 Å². The third-order valence-corrected chi connectivity index (χ3v) is 5.04. The summed E-state index contributed by atoms with van der Waals surface area (Å²) in [6, 6.07) is 5.67. The maximum atomic E-state index is 12.9. The lowest BCUT2D eigenvalue weighted by Crippen LogP contribution is -2.15. The van der Waals surface area contributed by atoms with Crippen LogP contribution in [0.1, 0.15) is 13.8 Å². The van der Waals surface area contributed by atoms with Gasteiger partial charge in [-0.3, -0.25) is 14.7 Å². The molecule has 9 nitrogen and oxygen atoms in total. The van der Waals surface area contributed by atoms with E-state index in [9.17, 15) is 14.7 Å². The van der Waals surface area contributed by atoms with Crippen LogP contribution >= 0.6 is 7.60 Å². The van der Waals surface area contributed by atoms with Crippen molar-refractivity contribution in [1.29, 1.82) is 0 Å². The molecule has 0 saturated heterocycles. The van der Waals surface area contributed by atoms with Crippen LogP contribution in [0.5, 0.6) is 0 Å². The Hall–Kier alpha value is -2.22. The zero-order valence-electron chi connectivity index (χ0n) is 13.5. The molecule has 2 aromatic rings. The summed E-state index contributed by atoms with van der Waals surface area (Å²) in [5.41, 5.74) is 0.499. The highest BCUT2D eigenvalue weighted by molar-refractivity contribution is 7.62. The Labute approximate surface area is 138 Å². The molecule has 1 aromatic heterocycles. The highest BCUT2D eigenvalue weighted by atomic mass is 31.2. The molecule has 0 saturated carbocycles. The summed E-state index contributed by atoms with van der Waals surface area (Å²) in [5, 5.41) is 13.5. The van der Waals surface area contributed by atoms with E-state index in [4.69, 9.17) is 13.5 Å². The van der Waals surface area contributed by atoms with Crippen LogP contribution in [-0.4, -0.2) is 30.2 Å². The predicted octanol–water partition coefficient (Wildman–Crippen LogP) is 3.18. The van der Waals surface area contributed by atoms with Crippen LogP contribution in [0.2, 0.25) is 0 Å². The van der Waals surface area contributed by atoms with E-state index in [1.54, 1.807) is 20.9 Å². The van der Waals surface area contributed by atoms with Crippen LogP contribution in [0.25, 0.3) is 11.5 Å². The van der Waals surface area contributed by atoms with Crippen molar-refractivity contribution in [2.75, 3.05) is 25.6 Å². The number of nitrogens with zero attached hydrogens (tertiary/aromatic N) is 2. The summed E-state index contributed by atoms with van der Waals surface area (Å²) >= 11 is 0. The van der Waals surface area contributed by atoms with Gasteiger partial charge in [0.05, 0.1) is 18.1 Å². The SMILES string of the molecule is CCOP(=O)(OCC)c1nc(-c2ccc([N+](=O)[O-])cc2)oc1NC. The van der Waals surface area contributed by atoms with Crippen molar-refractivity contribution in [3.8, 4) is 11.5 Å². The molecule has 130 valence electrons. The standard InChI is InChI=1S/C14H18N3O6P/c1-4-21-24(20,22-5-2)14-13(15-3)23-12(16-14)10-6-8-11(9-7-10)17(18)19/h6-9,15H,4-5H2,1-3H3. The molecule has 2 rings (SSSR count). The zero-order valence-corrected chi connectivity index (χ0v) is 14.4. The van der Waals surface area contributed by atoms with Crippen LogP contribution in [0.15, 0.2) is 28.7 Å². The number of nitro benzene ring substituents is 1. The Morgan fingerprint density at radius 2 is 1.83 bits per heavy atom. The first-order chi connectivity index (χ1) is 11.4. The Bertz CT molecular complexity index is 748. The molecule has 0 spiro atoms. The van der Waals surface area contributed by atoms with Gasteiger partial charge in [-0.15, -0.1) is 0 Å². The van der Waals surface area contributed by atoms with E-state index >= 15 is 0 Å². The van der Waals surface area contributed by atoms with Gasteiger partial charge in [0.15, 0.2) is 0 Å². The Balaban J connectivity index is 2.46. The summed E-state index contributed by atoms with van der Waals surface area (Å²) in [6.45, 7) is 3.75. The van der Waals surface area contributed by atoms with Crippen molar-refractivity contribution in [3.63, 3.8) is 0 Å². The van der Waals surface area contributed by atoms with Gasteiger partial charge < -0.3 is 18.8 Å². The molecule has 1 N–H and O–H groups in total. The second-order valence-corrected chi connectivity index (χ2v) is 6.49. The molecule has 1 aromatic carbocycles. The molecule has 0 unspecified atom stereocenters. The number of anilines is 1. The molecule has 0 bridgehead atoms. The zero-order chi connectivity index (χ0) is 17.7. The molecular weight excluding hydrogens is 337 g/mol. The van der Waals surface area contributed by atoms with Gasteiger partial charge in [0.1, 0.15) is 0 Å². The fourth-order valence-corrected chi connectivity index (χ4v) is 3.63. The Morgan fingerprint density at radius 1 is 1.25 bits per heavy atom. The van der Waals surface area contributed by atoms with Gasteiger partial charge >= 0.3 is 7.60 Å². The average Bonchev–Trinajstić information content (AvgIpc) is 3.00. The van der Waals surface area contributed by atoms with E-state index in [2.05, 4.69) is 10.3 Å². The molecule has 0 aliphatic carbocycles. The summed E-state index contributed by atoms with van der Waals surface area (Å²) in [5.74, 6) is 0.317. The van der Waals surface area contributed by atoms with E-state index in [1.165, 1.54) is 24.3 Å². The minimum atomic E-state index is -3.63. The lowest BCUT2D eigenvalue weighted by atomic mass is 10.2. The van der Waals surface area contributed by atoms with E-state index in [0.29, 0.717) is 5.56 Å². The smallest absolute Gasteiger partial charge is 0.385 e. The first-order valence-corrected chi connectivity index (χ1v) is 8.82. The van der Waals surface area contributed by atoms with Crippen LogP contribution in [0.4, 0.5) is 11.6 Å². The van der Waals surface area contributed by atoms with Crippen LogP contribution < -0.4 is 10.8 Å². The highest BCUT2D eigenvalue weighted by Crippen LogP contribution is 2.49.